The Hall–Kier alpha value is -0.570. The van der Waals surface area contributed by atoms with Gasteiger partial charge in [-0.05, 0) is 45.4 Å². The number of rotatable bonds is 6. The minimum Gasteiger partial charge on any atom is -0.465 e. The molecular formula is C14H26O3. The van der Waals surface area contributed by atoms with Gasteiger partial charge >= 0.3 is 0 Å². The molecule has 1 aliphatic carbocycles. The summed E-state index contributed by atoms with van der Waals surface area (Å²) in [6.07, 6.45) is 5.41. The van der Waals surface area contributed by atoms with Gasteiger partial charge in [0.05, 0.1) is 11.7 Å². The van der Waals surface area contributed by atoms with E-state index in [0.29, 0.717) is 19.0 Å². The van der Waals surface area contributed by atoms with Crippen molar-refractivity contribution in [3.05, 3.63) is 0 Å². The molecule has 0 aliphatic heterocycles. The van der Waals surface area contributed by atoms with E-state index in [9.17, 15) is 4.79 Å². The highest BCUT2D eigenvalue weighted by atomic mass is 16.6. The van der Waals surface area contributed by atoms with Gasteiger partial charge in [0.1, 0.15) is 6.61 Å². The monoisotopic (exact) mass is 242 g/mol. The smallest absolute Gasteiger partial charge is 0.293 e. The lowest BCUT2D eigenvalue weighted by molar-refractivity contribution is -0.149. The van der Waals surface area contributed by atoms with Crippen molar-refractivity contribution in [2.75, 3.05) is 6.61 Å². The van der Waals surface area contributed by atoms with Crippen molar-refractivity contribution in [2.45, 2.75) is 65.1 Å². The maximum absolute atomic E-state index is 10.2. The molecule has 0 aromatic heterocycles. The Morgan fingerprint density at radius 1 is 1.41 bits per heavy atom. The van der Waals surface area contributed by atoms with E-state index in [1.807, 2.05) is 13.8 Å². The van der Waals surface area contributed by atoms with Crippen molar-refractivity contribution < 1.29 is 14.3 Å². The predicted molar refractivity (Wildman–Crippen MR) is 67.8 cm³/mol. The van der Waals surface area contributed by atoms with E-state index in [0.717, 1.165) is 5.92 Å². The van der Waals surface area contributed by atoms with E-state index in [-0.39, 0.29) is 11.7 Å². The van der Waals surface area contributed by atoms with Crippen LogP contribution >= 0.6 is 0 Å². The lowest BCUT2D eigenvalue weighted by Crippen LogP contribution is -2.38. The van der Waals surface area contributed by atoms with E-state index >= 15 is 0 Å². The van der Waals surface area contributed by atoms with Crippen LogP contribution in [0.25, 0.3) is 0 Å². The molecule has 0 bridgehead atoms. The zero-order chi connectivity index (χ0) is 12.9. The summed E-state index contributed by atoms with van der Waals surface area (Å²) in [6.45, 7) is 9.21. The van der Waals surface area contributed by atoms with E-state index in [1.165, 1.54) is 25.7 Å². The Bertz CT molecular complexity index is 238. The summed E-state index contributed by atoms with van der Waals surface area (Å²) in [5.41, 5.74) is -0.388. The second kappa shape index (κ2) is 6.39. The van der Waals surface area contributed by atoms with Crippen molar-refractivity contribution in [3.63, 3.8) is 0 Å². The van der Waals surface area contributed by atoms with Gasteiger partial charge in [-0.25, -0.2) is 0 Å². The van der Waals surface area contributed by atoms with Gasteiger partial charge in [0, 0.05) is 0 Å². The van der Waals surface area contributed by atoms with Crippen molar-refractivity contribution in [1.29, 1.82) is 0 Å². The van der Waals surface area contributed by atoms with Crippen LogP contribution in [-0.2, 0) is 14.3 Å². The summed E-state index contributed by atoms with van der Waals surface area (Å²) in [4.78, 5) is 10.2. The fourth-order valence-corrected chi connectivity index (χ4v) is 2.78. The lowest BCUT2D eigenvalue weighted by Gasteiger charge is -2.36. The minimum atomic E-state index is -0.388. The molecule has 0 aromatic carbocycles. The molecule has 1 rings (SSSR count). The van der Waals surface area contributed by atoms with Crippen LogP contribution in [0.3, 0.4) is 0 Å². The minimum absolute atomic E-state index is 0.239. The summed E-state index contributed by atoms with van der Waals surface area (Å²) in [5.74, 6) is 1.46. The highest BCUT2D eigenvalue weighted by Gasteiger charge is 2.29. The first-order valence-corrected chi connectivity index (χ1v) is 6.67. The van der Waals surface area contributed by atoms with Gasteiger partial charge < -0.3 is 9.47 Å². The third kappa shape index (κ3) is 5.07. The van der Waals surface area contributed by atoms with Gasteiger partial charge in [0.2, 0.25) is 0 Å². The maximum Gasteiger partial charge on any atom is 0.293 e. The molecular weight excluding hydrogens is 216 g/mol. The number of carbonyl (C=O) groups excluding carboxylic acids is 1. The van der Waals surface area contributed by atoms with Gasteiger partial charge in [0.25, 0.3) is 6.47 Å². The van der Waals surface area contributed by atoms with Crippen LogP contribution in [0.4, 0.5) is 0 Å². The molecule has 0 heterocycles. The largest absolute Gasteiger partial charge is 0.465 e. The topological polar surface area (TPSA) is 35.5 Å². The normalized spacial score (nSPS) is 27.5. The SMILES string of the molecule is CC1CCCC(C(C)OC(C)(C)COC=O)C1. The molecule has 17 heavy (non-hydrogen) atoms. The average Bonchev–Trinajstić information content (AvgIpc) is 2.26. The van der Waals surface area contributed by atoms with Crippen molar-refractivity contribution in [3.8, 4) is 0 Å². The zero-order valence-electron chi connectivity index (χ0n) is 11.6. The van der Waals surface area contributed by atoms with E-state index in [4.69, 9.17) is 9.47 Å². The summed E-state index contributed by atoms with van der Waals surface area (Å²) < 4.78 is 10.8. The van der Waals surface area contributed by atoms with Crippen LogP contribution in [0.15, 0.2) is 0 Å². The third-order valence-corrected chi connectivity index (χ3v) is 3.64. The Kier molecular flexibility index (Phi) is 5.44. The van der Waals surface area contributed by atoms with Crippen LogP contribution in [-0.4, -0.2) is 24.8 Å². The summed E-state index contributed by atoms with van der Waals surface area (Å²) in [6, 6.07) is 0. The first kappa shape index (κ1) is 14.5. The Balaban J connectivity index is 2.41. The molecule has 0 aromatic rings. The fraction of sp³-hybridized carbons (Fsp3) is 0.929. The van der Waals surface area contributed by atoms with Crippen LogP contribution in [0.5, 0.6) is 0 Å². The molecule has 3 nitrogen and oxygen atoms in total. The van der Waals surface area contributed by atoms with Crippen LogP contribution < -0.4 is 0 Å². The summed E-state index contributed by atoms with van der Waals surface area (Å²) >= 11 is 0. The third-order valence-electron chi connectivity index (χ3n) is 3.64. The molecule has 0 spiro atoms. The standard InChI is InChI=1S/C14H26O3/c1-11-6-5-7-13(8-11)12(2)17-14(3,4)9-16-10-15/h10-13H,5-9H2,1-4H3. The quantitative estimate of drug-likeness (QED) is 0.671. The number of hydrogen-bond donors (Lipinski definition) is 0. The Morgan fingerprint density at radius 2 is 2.12 bits per heavy atom. The second-order valence-electron chi connectivity index (χ2n) is 6.02. The lowest BCUT2D eigenvalue weighted by atomic mass is 9.80. The number of hydrogen-bond acceptors (Lipinski definition) is 3. The number of carbonyl (C=O) groups is 1. The molecule has 1 fully saturated rings. The fourth-order valence-electron chi connectivity index (χ4n) is 2.78. The predicted octanol–water partition coefficient (Wildman–Crippen LogP) is 3.17. The molecule has 0 amide bonds. The van der Waals surface area contributed by atoms with Gasteiger partial charge in [-0.2, -0.15) is 0 Å². The molecule has 1 aliphatic rings. The van der Waals surface area contributed by atoms with Crippen molar-refractivity contribution in [2.24, 2.45) is 11.8 Å². The first-order valence-electron chi connectivity index (χ1n) is 6.67. The van der Waals surface area contributed by atoms with E-state index < -0.39 is 0 Å². The zero-order valence-corrected chi connectivity index (χ0v) is 11.6. The Morgan fingerprint density at radius 3 is 2.71 bits per heavy atom. The molecule has 0 N–H and O–H groups in total. The van der Waals surface area contributed by atoms with Gasteiger partial charge in [-0.1, -0.05) is 19.8 Å². The van der Waals surface area contributed by atoms with E-state index in [2.05, 4.69) is 13.8 Å². The maximum atomic E-state index is 10.2. The van der Waals surface area contributed by atoms with Crippen LogP contribution in [0.2, 0.25) is 0 Å². The molecule has 3 atom stereocenters. The van der Waals surface area contributed by atoms with Crippen LogP contribution in [0.1, 0.15) is 53.4 Å². The highest BCUT2D eigenvalue weighted by molar-refractivity contribution is 5.37. The van der Waals surface area contributed by atoms with Gasteiger partial charge in [0.15, 0.2) is 0 Å². The highest BCUT2D eigenvalue weighted by Crippen LogP contribution is 2.33. The van der Waals surface area contributed by atoms with Crippen molar-refractivity contribution >= 4 is 6.47 Å². The average molecular weight is 242 g/mol. The van der Waals surface area contributed by atoms with Gasteiger partial charge in [-0.3, -0.25) is 4.79 Å². The van der Waals surface area contributed by atoms with Crippen molar-refractivity contribution in [1.82, 2.24) is 0 Å². The van der Waals surface area contributed by atoms with Crippen LogP contribution in [0, 0.1) is 11.8 Å². The molecule has 0 saturated heterocycles. The molecule has 100 valence electrons. The molecule has 3 heteroatoms. The molecule has 3 unspecified atom stereocenters. The van der Waals surface area contributed by atoms with Gasteiger partial charge in [-0.15, -0.1) is 0 Å². The second-order valence-corrected chi connectivity index (χ2v) is 6.02. The summed E-state index contributed by atoms with van der Waals surface area (Å²) in [7, 11) is 0. The first-order chi connectivity index (χ1) is 7.94. The molecule has 0 radical (unpaired) electrons. The number of ether oxygens (including phenoxy) is 2. The summed E-state index contributed by atoms with van der Waals surface area (Å²) in [5, 5.41) is 0. The Labute approximate surface area is 105 Å². The van der Waals surface area contributed by atoms with E-state index in [1.54, 1.807) is 0 Å². The molecule has 1 saturated carbocycles.